The molecule has 2 aromatic carbocycles. The monoisotopic (exact) mass is 433 g/mol. The van der Waals surface area contributed by atoms with Gasteiger partial charge in [0.05, 0.1) is 23.2 Å². The van der Waals surface area contributed by atoms with Gasteiger partial charge in [0.1, 0.15) is 16.8 Å². The van der Waals surface area contributed by atoms with Crippen LogP contribution in [0.1, 0.15) is 49.9 Å². The van der Waals surface area contributed by atoms with Crippen molar-refractivity contribution in [2.75, 3.05) is 6.61 Å². The van der Waals surface area contributed by atoms with Gasteiger partial charge in [0.15, 0.2) is 0 Å². The fourth-order valence-electron chi connectivity index (χ4n) is 4.09. The molecular weight excluding hydrogens is 406 g/mol. The van der Waals surface area contributed by atoms with Crippen molar-refractivity contribution in [1.82, 2.24) is 10.3 Å². The number of aromatic nitrogens is 1. The predicted molar refractivity (Wildman–Crippen MR) is 124 cm³/mol. The van der Waals surface area contributed by atoms with Crippen LogP contribution in [0.15, 0.2) is 42.6 Å². The number of thiazole rings is 1. The molecule has 0 saturated heterocycles. The van der Waals surface area contributed by atoms with Gasteiger partial charge in [0, 0.05) is 23.8 Å². The topological polar surface area (TPSA) is 78.2 Å². The van der Waals surface area contributed by atoms with Crippen molar-refractivity contribution >= 4 is 11.3 Å². The second-order valence-electron chi connectivity index (χ2n) is 8.23. The maximum atomic E-state index is 9.53. The molecule has 0 fully saturated rings. The molecule has 5 nitrogen and oxygen atoms in total. The lowest BCUT2D eigenvalue weighted by molar-refractivity contribution is 0.240. The molecule has 6 heteroatoms. The number of aliphatic hydroxyl groups excluding tert-OH is 1. The molecule has 0 aliphatic heterocycles. The molecule has 1 aliphatic rings. The van der Waals surface area contributed by atoms with E-state index in [9.17, 15) is 10.4 Å². The lowest BCUT2D eigenvalue weighted by Crippen LogP contribution is -2.32. The van der Waals surface area contributed by atoms with Crippen LogP contribution in [0.25, 0.3) is 21.0 Å². The highest BCUT2D eigenvalue weighted by Gasteiger charge is 2.26. The van der Waals surface area contributed by atoms with Crippen LogP contribution in [-0.4, -0.2) is 28.8 Å². The zero-order valence-electron chi connectivity index (χ0n) is 18.1. The second kappa shape index (κ2) is 9.19. The Bertz CT molecular complexity index is 1120. The third-order valence-corrected chi connectivity index (χ3v) is 6.59. The van der Waals surface area contributed by atoms with Crippen molar-refractivity contribution < 1.29 is 9.84 Å². The summed E-state index contributed by atoms with van der Waals surface area (Å²) in [6.45, 7) is 6.04. The first kappa shape index (κ1) is 21.5. The maximum absolute atomic E-state index is 9.53. The Hall–Kier alpha value is -2.72. The van der Waals surface area contributed by atoms with Crippen LogP contribution in [-0.2, 0) is 6.42 Å². The van der Waals surface area contributed by atoms with E-state index in [0.717, 1.165) is 28.3 Å². The summed E-state index contributed by atoms with van der Waals surface area (Å²) in [5.74, 6) is 0.606. The van der Waals surface area contributed by atoms with Crippen LogP contribution in [0.3, 0.4) is 0 Å². The van der Waals surface area contributed by atoms with Crippen molar-refractivity contribution in [3.63, 3.8) is 0 Å². The van der Waals surface area contributed by atoms with E-state index in [1.165, 1.54) is 16.7 Å². The number of aliphatic hydroxyl groups is 1. The van der Waals surface area contributed by atoms with Crippen LogP contribution in [0.5, 0.6) is 5.75 Å². The van der Waals surface area contributed by atoms with E-state index in [0.29, 0.717) is 11.3 Å². The summed E-state index contributed by atoms with van der Waals surface area (Å²) in [4.78, 5) is 5.78. The molecular formula is C25H27N3O2S. The number of fused-ring (bicyclic) bond motifs is 1. The Morgan fingerprint density at radius 2 is 2.13 bits per heavy atom. The Balaban J connectivity index is 1.63. The van der Waals surface area contributed by atoms with Crippen LogP contribution in [0.4, 0.5) is 0 Å². The molecule has 31 heavy (non-hydrogen) atoms. The van der Waals surface area contributed by atoms with Gasteiger partial charge in [-0.15, -0.1) is 11.3 Å². The van der Waals surface area contributed by atoms with E-state index in [2.05, 4.69) is 34.6 Å². The Kier molecular flexibility index (Phi) is 6.38. The quantitative estimate of drug-likeness (QED) is 0.542. The Labute approximate surface area is 187 Å². The Morgan fingerprint density at radius 3 is 2.87 bits per heavy atom. The lowest BCUT2D eigenvalue weighted by atomic mass is 10.0. The van der Waals surface area contributed by atoms with E-state index in [4.69, 9.17) is 4.74 Å². The zero-order chi connectivity index (χ0) is 22.0. The first-order valence-electron chi connectivity index (χ1n) is 10.7. The number of nitrogens with one attached hydrogen (secondary N) is 1. The summed E-state index contributed by atoms with van der Waals surface area (Å²) < 4.78 is 5.74. The van der Waals surface area contributed by atoms with Crippen LogP contribution >= 0.6 is 11.3 Å². The average molecular weight is 434 g/mol. The van der Waals surface area contributed by atoms with Crippen molar-refractivity contribution in [2.45, 2.75) is 51.8 Å². The van der Waals surface area contributed by atoms with E-state index >= 15 is 0 Å². The molecule has 0 radical (unpaired) electrons. The zero-order valence-corrected chi connectivity index (χ0v) is 18.9. The summed E-state index contributed by atoms with van der Waals surface area (Å²) >= 11 is 1.64. The van der Waals surface area contributed by atoms with Gasteiger partial charge < -0.3 is 15.2 Å². The third kappa shape index (κ3) is 4.49. The molecule has 0 bridgehead atoms. The molecule has 2 N–H and O–H groups in total. The number of ether oxygens (including phenoxy) is 1. The fourth-order valence-corrected chi connectivity index (χ4v) is 5.06. The number of hydrogen-bond donors (Lipinski definition) is 2. The second-order valence-corrected chi connectivity index (χ2v) is 9.26. The predicted octanol–water partition coefficient (Wildman–Crippen LogP) is 5.09. The number of rotatable bonds is 7. The van der Waals surface area contributed by atoms with Crippen LogP contribution in [0, 0.1) is 11.3 Å². The first-order valence-corrected chi connectivity index (χ1v) is 11.5. The van der Waals surface area contributed by atoms with Crippen molar-refractivity contribution in [2.24, 2.45) is 0 Å². The van der Waals surface area contributed by atoms with Crippen LogP contribution in [0.2, 0.25) is 0 Å². The highest BCUT2D eigenvalue weighted by Crippen LogP contribution is 2.41. The van der Waals surface area contributed by atoms with Crippen molar-refractivity contribution in [3.05, 3.63) is 59.3 Å². The molecule has 1 aliphatic carbocycles. The van der Waals surface area contributed by atoms with Crippen molar-refractivity contribution in [3.8, 4) is 32.8 Å². The normalized spacial score (nSPS) is 16.2. The summed E-state index contributed by atoms with van der Waals surface area (Å²) in [7, 11) is 0. The van der Waals surface area contributed by atoms with Gasteiger partial charge in [-0.2, -0.15) is 5.26 Å². The molecule has 0 spiro atoms. The summed E-state index contributed by atoms with van der Waals surface area (Å²) in [6, 6.07) is 14.7. The largest absolute Gasteiger partial charge is 0.490 e. The van der Waals surface area contributed by atoms with Gasteiger partial charge in [-0.3, -0.25) is 0 Å². The molecule has 4 rings (SSSR count). The van der Waals surface area contributed by atoms with Crippen molar-refractivity contribution in [1.29, 1.82) is 5.26 Å². The maximum Gasteiger partial charge on any atom is 0.137 e. The first-order chi connectivity index (χ1) is 15.0. The van der Waals surface area contributed by atoms with Gasteiger partial charge in [0.25, 0.3) is 0 Å². The van der Waals surface area contributed by atoms with E-state index in [1.54, 1.807) is 11.3 Å². The molecule has 3 aromatic rings. The lowest BCUT2D eigenvalue weighted by Gasteiger charge is -2.19. The van der Waals surface area contributed by atoms with Gasteiger partial charge >= 0.3 is 0 Å². The summed E-state index contributed by atoms with van der Waals surface area (Å²) in [6.07, 6.45) is 3.99. The minimum atomic E-state index is 0.0169. The molecule has 0 amide bonds. The average Bonchev–Trinajstić information content (AvgIpc) is 3.41. The van der Waals surface area contributed by atoms with Gasteiger partial charge in [0.2, 0.25) is 0 Å². The van der Waals surface area contributed by atoms with E-state index in [1.807, 2.05) is 45.2 Å². The highest BCUT2D eigenvalue weighted by molar-refractivity contribution is 7.18. The molecule has 2 atom stereocenters. The Morgan fingerprint density at radius 1 is 1.29 bits per heavy atom. The minimum Gasteiger partial charge on any atom is -0.490 e. The fraction of sp³-hybridized carbons (Fsp3) is 0.360. The van der Waals surface area contributed by atoms with E-state index in [-0.39, 0.29) is 24.8 Å². The minimum absolute atomic E-state index is 0.0169. The van der Waals surface area contributed by atoms with Gasteiger partial charge in [-0.05, 0) is 68.5 Å². The summed E-state index contributed by atoms with van der Waals surface area (Å²) in [5, 5.41) is 23.3. The van der Waals surface area contributed by atoms with Gasteiger partial charge in [-0.1, -0.05) is 18.2 Å². The third-order valence-electron chi connectivity index (χ3n) is 5.51. The SMILES string of the molecule is CC(CO)NC1CCc2c(-c3cnc(-c4ccc(OC(C)C)c(C#N)c4)s3)cccc21. The van der Waals surface area contributed by atoms with Gasteiger partial charge in [-0.25, -0.2) is 4.98 Å². The molecule has 0 saturated carbocycles. The standard InChI is InChI=1S/C25H27N3O2S/c1-15(2)30-23-10-7-17(11-18(23)12-26)25-27-13-24(31-25)21-6-4-5-20-19(21)8-9-22(20)28-16(3)14-29/h4-7,10-11,13,15-16,22,28-29H,8-9,14H2,1-3H3. The van der Waals surface area contributed by atoms with Crippen LogP contribution < -0.4 is 10.1 Å². The highest BCUT2D eigenvalue weighted by atomic mass is 32.1. The summed E-state index contributed by atoms with van der Waals surface area (Å²) in [5.41, 5.74) is 5.35. The number of benzene rings is 2. The van der Waals surface area contributed by atoms with E-state index < -0.39 is 0 Å². The molecule has 1 aromatic heterocycles. The smallest absolute Gasteiger partial charge is 0.137 e. The number of nitrogens with zero attached hydrogens (tertiary/aromatic N) is 2. The molecule has 160 valence electrons. The number of nitriles is 1. The molecule has 2 unspecified atom stereocenters. The molecule has 1 heterocycles. The number of hydrogen-bond acceptors (Lipinski definition) is 6.